The molecule has 0 saturated heterocycles. The minimum Gasteiger partial charge on any atom is -0.465 e. The van der Waals surface area contributed by atoms with Gasteiger partial charge < -0.3 is 10.1 Å². The number of esters is 1. The van der Waals surface area contributed by atoms with Crippen molar-refractivity contribution in [3.8, 4) is 0 Å². The third-order valence-corrected chi connectivity index (χ3v) is 2.98. The van der Waals surface area contributed by atoms with Crippen molar-refractivity contribution in [2.24, 2.45) is 0 Å². The smallest absolute Gasteiger partial charge is 0.340 e. The highest BCUT2D eigenvalue weighted by molar-refractivity contribution is 9.10. The maximum atomic E-state index is 11.6. The molecular weight excluding hydrogens is 282 g/mol. The fourth-order valence-corrected chi connectivity index (χ4v) is 1.91. The van der Waals surface area contributed by atoms with Crippen LogP contribution in [0.25, 0.3) is 0 Å². The maximum Gasteiger partial charge on any atom is 0.340 e. The van der Waals surface area contributed by atoms with E-state index in [1.807, 2.05) is 12.1 Å². The Morgan fingerprint density at radius 3 is 2.82 bits per heavy atom. The molecule has 1 rings (SSSR count). The standard InChI is InChI=1S/C13H18BrNO2/c1-3-4-5-8-15-12-7-6-10(14)9-11(12)13(16)17-2/h6-7,9,15H,3-5,8H2,1-2H3. The summed E-state index contributed by atoms with van der Waals surface area (Å²) in [5.74, 6) is -0.315. The molecular formula is C13H18BrNO2. The minimum absolute atomic E-state index is 0.315. The summed E-state index contributed by atoms with van der Waals surface area (Å²) >= 11 is 3.35. The molecule has 1 N–H and O–H groups in total. The molecule has 0 fully saturated rings. The predicted octanol–water partition coefficient (Wildman–Crippen LogP) is 3.84. The molecule has 0 bridgehead atoms. The molecule has 0 spiro atoms. The number of anilines is 1. The fraction of sp³-hybridized carbons (Fsp3) is 0.462. The van der Waals surface area contributed by atoms with Crippen molar-refractivity contribution in [1.82, 2.24) is 0 Å². The van der Waals surface area contributed by atoms with Crippen molar-refractivity contribution in [2.45, 2.75) is 26.2 Å². The number of hydrogen-bond acceptors (Lipinski definition) is 3. The van der Waals surface area contributed by atoms with Gasteiger partial charge in [-0.1, -0.05) is 35.7 Å². The highest BCUT2D eigenvalue weighted by Crippen LogP contribution is 2.22. The number of ether oxygens (including phenoxy) is 1. The third kappa shape index (κ3) is 4.38. The van der Waals surface area contributed by atoms with Crippen LogP contribution >= 0.6 is 15.9 Å². The normalized spacial score (nSPS) is 10.1. The van der Waals surface area contributed by atoms with Crippen LogP contribution in [0.4, 0.5) is 5.69 Å². The minimum atomic E-state index is -0.315. The van der Waals surface area contributed by atoms with Gasteiger partial charge >= 0.3 is 5.97 Å². The van der Waals surface area contributed by atoms with E-state index < -0.39 is 0 Å². The van der Waals surface area contributed by atoms with Crippen molar-refractivity contribution < 1.29 is 9.53 Å². The monoisotopic (exact) mass is 299 g/mol. The average molecular weight is 300 g/mol. The number of hydrogen-bond donors (Lipinski definition) is 1. The van der Waals surface area contributed by atoms with E-state index in [1.54, 1.807) is 6.07 Å². The lowest BCUT2D eigenvalue weighted by atomic mass is 10.1. The molecule has 0 atom stereocenters. The second kappa shape index (κ2) is 7.33. The van der Waals surface area contributed by atoms with E-state index >= 15 is 0 Å². The first-order chi connectivity index (χ1) is 8.19. The van der Waals surface area contributed by atoms with E-state index in [2.05, 4.69) is 28.2 Å². The Bertz CT molecular complexity index is 380. The van der Waals surface area contributed by atoms with Crippen molar-refractivity contribution in [3.63, 3.8) is 0 Å². The van der Waals surface area contributed by atoms with E-state index in [0.717, 1.165) is 23.1 Å². The number of carbonyl (C=O) groups excluding carboxylic acids is 1. The quantitative estimate of drug-likeness (QED) is 0.641. The van der Waals surface area contributed by atoms with E-state index in [0.29, 0.717) is 5.56 Å². The van der Waals surface area contributed by atoms with Crippen molar-refractivity contribution in [1.29, 1.82) is 0 Å². The van der Waals surface area contributed by atoms with Crippen molar-refractivity contribution >= 4 is 27.6 Å². The Balaban J connectivity index is 2.72. The summed E-state index contributed by atoms with van der Waals surface area (Å²) < 4.78 is 5.63. The third-order valence-electron chi connectivity index (χ3n) is 2.48. The van der Waals surface area contributed by atoms with Crippen LogP contribution in [0, 0.1) is 0 Å². The average Bonchev–Trinajstić information content (AvgIpc) is 2.35. The summed E-state index contributed by atoms with van der Waals surface area (Å²) in [4.78, 5) is 11.6. The van der Waals surface area contributed by atoms with Crippen molar-refractivity contribution in [3.05, 3.63) is 28.2 Å². The molecule has 4 heteroatoms. The van der Waals surface area contributed by atoms with E-state index in [1.165, 1.54) is 20.0 Å². The van der Waals surface area contributed by atoms with Gasteiger partial charge in [0.05, 0.1) is 12.7 Å². The van der Waals surface area contributed by atoms with Gasteiger partial charge in [-0.2, -0.15) is 0 Å². The van der Waals surface area contributed by atoms with Gasteiger partial charge in [0.2, 0.25) is 0 Å². The second-order valence-corrected chi connectivity index (χ2v) is 4.73. The van der Waals surface area contributed by atoms with Crippen LogP contribution in [0.2, 0.25) is 0 Å². The predicted molar refractivity (Wildman–Crippen MR) is 73.5 cm³/mol. The van der Waals surface area contributed by atoms with Gasteiger partial charge in [-0.3, -0.25) is 0 Å². The number of nitrogens with one attached hydrogen (secondary N) is 1. The van der Waals surface area contributed by atoms with Crippen molar-refractivity contribution in [2.75, 3.05) is 19.0 Å². The fourth-order valence-electron chi connectivity index (χ4n) is 1.55. The summed E-state index contributed by atoms with van der Waals surface area (Å²) in [7, 11) is 1.39. The van der Waals surface area contributed by atoms with Crippen LogP contribution < -0.4 is 5.32 Å². The first-order valence-corrected chi connectivity index (χ1v) is 6.60. The van der Waals surface area contributed by atoms with Gasteiger partial charge in [0.1, 0.15) is 0 Å². The number of carbonyl (C=O) groups is 1. The zero-order valence-corrected chi connectivity index (χ0v) is 11.8. The Labute approximate surface area is 111 Å². The van der Waals surface area contributed by atoms with Crippen LogP contribution in [-0.4, -0.2) is 19.6 Å². The number of benzene rings is 1. The molecule has 0 saturated carbocycles. The Morgan fingerprint density at radius 2 is 2.18 bits per heavy atom. The van der Waals surface area contributed by atoms with Crippen LogP contribution in [0.5, 0.6) is 0 Å². The molecule has 1 aromatic rings. The van der Waals surface area contributed by atoms with Gasteiger partial charge in [0, 0.05) is 16.7 Å². The molecule has 94 valence electrons. The Hall–Kier alpha value is -1.03. The summed E-state index contributed by atoms with van der Waals surface area (Å²) in [5, 5.41) is 3.27. The van der Waals surface area contributed by atoms with Crippen LogP contribution in [-0.2, 0) is 4.74 Å². The van der Waals surface area contributed by atoms with Crippen LogP contribution in [0.1, 0.15) is 36.5 Å². The number of rotatable bonds is 6. The molecule has 17 heavy (non-hydrogen) atoms. The van der Waals surface area contributed by atoms with Gasteiger partial charge in [-0.05, 0) is 24.6 Å². The molecule has 0 heterocycles. The topological polar surface area (TPSA) is 38.3 Å². The molecule has 0 amide bonds. The molecule has 0 aliphatic heterocycles. The Morgan fingerprint density at radius 1 is 1.41 bits per heavy atom. The largest absolute Gasteiger partial charge is 0.465 e. The number of unbranched alkanes of at least 4 members (excludes halogenated alkanes) is 2. The zero-order valence-electron chi connectivity index (χ0n) is 10.3. The van der Waals surface area contributed by atoms with E-state index in [4.69, 9.17) is 4.74 Å². The van der Waals surface area contributed by atoms with E-state index in [-0.39, 0.29) is 5.97 Å². The zero-order chi connectivity index (χ0) is 12.7. The first kappa shape index (κ1) is 14.0. The molecule has 0 aliphatic carbocycles. The molecule has 0 unspecified atom stereocenters. The maximum absolute atomic E-state index is 11.6. The lowest BCUT2D eigenvalue weighted by Gasteiger charge is -2.10. The molecule has 0 aliphatic rings. The van der Waals surface area contributed by atoms with Gasteiger partial charge in [0.15, 0.2) is 0 Å². The molecule has 0 radical (unpaired) electrons. The van der Waals surface area contributed by atoms with Crippen LogP contribution in [0.15, 0.2) is 22.7 Å². The molecule has 1 aromatic carbocycles. The summed E-state index contributed by atoms with van der Waals surface area (Å²) in [6, 6.07) is 5.57. The SMILES string of the molecule is CCCCCNc1ccc(Br)cc1C(=O)OC. The first-order valence-electron chi connectivity index (χ1n) is 5.80. The highest BCUT2D eigenvalue weighted by Gasteiger charge is 2.11. The van der Waals surface area contributed by atoms with Gasteiger partial charge in [0.25, 0.3) is 0 Å². The number of methoxy groups -OCH3 is 1. The Kier molecular flexibility index (Phi) is 6.05. The van der Waals surface area contributed by atoms with Gasteiger partial charge in [-0.15, -0.1) is 0 Å². The lowest BCUT2D eigenvalue weighted by Crippen LogP contribution is -2.09. The summed E-state index contributed by atoms with van der Waals surface area (Å²) in [6.45, 7) is 3.04. The molecule has 3 nitrogen and oxygen atoms in total. The van der Waals surface area contributed by atoms with Crippen LogP contribution in [0.3, 0.4) is 0 Å². The summed E-state index contributed by atoms with van der Waals surface area (Å²) in [6.07, 6.45) is 3.48. The highest BCUT2D eigenvalue weighted by atomic mass is 79.9. The van der Waals surface area contributed by atoms with E-state index in [9.17, 15) is 4.79 Å². The molecule has 0 aromatic heterocycles. The van der Waals surface area contributed by atoms with Gasteiger partial charge in [-0.25, -0.2) is 4.79 Å². The lowest BCUT2D eigenvalue weighted by molar-refractivity contribution is 0.0601. The summed E-state index contributed by atoms with van der Waals surface area (Å²) in [5.41, 5.74) is 1.40. The number of halogens is 1. The second-order valence-electron chi connectivity index (χ2n) is 3.82.